The normalized spacial score (nSPS) is 12.8. The standard InChI is InChI=1S/C29H30Cl2N6O5/c1-41-28(40)20(27(39)36-26-21(30)13-18(14-22(26)31)17-5-3-2-4-6-17)16-34-25(38)9-10-37-11-12-42-24-8-7-19(15-23(24)37)35-29(32)33/h2-8,13-15,20H,9-12,16H2,1H3,(H,34,38)(H,36,39)(H4,32,33,35)/t20-/m0/s1. The second-order valence-electron chi connectivity index (χ2n) is 9.32. The Morgan fingerprint density at radius 1 is 1.05 bits per heavy atom. The van der Waals surface area contributed by atoms with Crippen molar-refractivity contribution in [1.29, 1.82) is 0 Å². The van der Waals surface area contributed by atoms with E-state index < -0.39 is 17.8 Å². The third-order valence-corrected chi connectivity index (χ3v) is 7.07. The van der Waals surface area contributed by atoms with Crippen LogP contribution in [0.1, 0.15) is 6.42 Å². The van der Waals surface area contributed by atoms with Crippen LogP contribution in [-0.4, -0.2) is 57.1 Å². The van der Waals surface area contributed by atoms with Crippen molar-refractivity contribution < 1.29 is 23.9 Å². The number of nitrogens with one attached hydrogen (secondary N) is 2. The van der Waals surface area contributed by atoms with Gasteiger partial charge in [-0.1, -0.05) is 53.5 Å². The smallest absolute Gasteiger partial charge is 0.320 e. The summed E-state index contributed by atoms with van der Waals surface area (Å²) in [5, 5.41) is 5.63. The maximum absolute atomic E-state index is 13.1. The molecule has 42 heavy (non-hydrogen) atoms. The van der Waals surface area contributed by atoms with Crippen molar-refractivity contribution in [3.05, 3.63) is 70.7 Å². The number of hydrogen-bond acceptors (Lipinski definition) is 7. The molecule has 6 N–H and O–H groups in total. The number of carbonyl (C=O) groups excluding carboxylic acids is 3. The first-order valence-corrected chi connectivity index (χ1v) is 13.7. The van der Waals surface area contributed by atoms with Gasteiger partial charge in [-0.05, 0) is 41.5 Å². The first-order valence-electron chi connectivity index (χ1n) is 13.0. The Bertz CT molecular complexity index is 1470. The molecule has 11 nitrogen and oxygen atoms in total. The minimum atomic E-state index is -1.34. The lowest BCUT2D eigenvalue weighted by molar-refractivity contribution is -0.148. The van der Waals surface area contributed by atoms with Gasteiger partial charge in [0.1, 0.15) is 12.4 Å². The fraction of sp³-hybridized carbons (Fsp3) is 0.241. The van der Waals surface area contributed by atoms with E-state index in [-0.39, 0.29) is 40.6 Å². The summed E-state index contributed by atoms with van der Waals surface area (Å²) in [5.41, 5.74) is 14.1. The number of guanidine groups is 1. The third kappa shape index (κ3) is 7.62. The molecule has 0 fully saturated rings. The topological polar surface area (TPSA) is 161 Å². The molecule has 13 heteroatoms. The lowest BCUT2D eigenvalue weighted by atomic mass is 10.0. The zero-order valence-corrected chi connectivity index (χ0v) is 24.2. The molecule has 1 heterocycles. The van der Waals surface area contributed by atoms with Crippen molar-refractivity contribution in [3.63, 3.8) is 0 Å². The highest BCUT2D eigenvalue weighted by Crippen LogP contribution is 2.36. The Balaban J connectivity index is 1.38. The molecule has 0 radical (unpaired) electrons. The number of methoxy groups -OCH3 is 1. The SMILES string of the molecule is COC(=O)[C@@H](CNC(=O)CCN1CCOc2ccc(N=C(N)N)cc21)C(=O)Nc1c(Cl)cc(-c2ccccc2)cc1Cl. The Kier molecular flexibility index (Phi) is 10.1. The molecule has 0 unspecified atom stereocenters. The van der Waals surface area contributed by atoms with Crippen LogP contribution in [0.15, 0.2) is 65.7 Å². The molecule has 0 bridgehead atoms. The van der Waals surface area contributed by atoms with Crippen LogP contribution in [0.25, 0.3) is 11.1 Å². The molecule has 1 aliphatic heterocycles. The van der Waals surface area contributed by atoms with Crippen molar-refractivity contribution in [1.82, 2.24) is 5.32 Å². The zero-order chi connectivity index (χ0) is 30.2. The highest BCUT2D eigenvalue weighted by molar-refractivity contribution is 6.40. The van der Waals surface area contributed by atoms with Crippen LogP contribution in [0, 0.1) is 5.92 Å². The van der Waals surface area contributed by atoms with E-state index in [2.05, 4.69) is 15.6 Å². The summed E-state index contributed by atoms with van der Waals surface area (Å²) in [5.74, 6) is -2.69. The molecule has 0 aliphatic carbocycles. The third-order valence-electron chi connectivity index (χ3n) is 6.47. The van der Waals surface area contributed by atoms with Gasteiger partial charge in [0, 0.05) is 19.5 Å². The number of aliphatic imine (C=N–C) groups is 1. The lowest BCUT2D eigenvalue weighted by Gasteiger charge is -2.31. The number of fused-ring (bicyclic) bond motifs is 1. The largest absolute Gasteiger partial charge is 0.490 e. The molecule has 0 aromatic heterocycles. The Morgan fingerprint density at radius 2 is 1.76 bits per heavy atom. The minimum Gasteiger partial charge on any atom is -0.490 e. The highest BCUT2D eigenvalue weighted by atomic mass is 35.5. The number of amides is 2. The predicted octanol–water partition coefficient (Wildman–Crippen LogP) is 3.70. The summed E-state index contributed by atoms with van der Waals surface area (Å²) in [6, 6.07) is 18.0. The molecule has 1 aliphatic rings. The highest BCUT2D eigenvalue weighted by Gasteiger charge is 2.29. The van der Waals surface area contributed by atoms with Gasteiger partial charge < -0.3 is 36.5 Å². The van der Waals surface area contributed by atoms with Crippen LogP contribution in [0.5, 0.6) is 5.75 Å². The molecule has 0 saturated carbocycles. The van der Waals surface area contributed by atoms with Gasteiger partial charge in [-0.15, -0.1) is 0 Å². The van der Waals surface area contributed by atoms with Gasteiger partial charge in [0.2, 0.25) is 11.8 Å². The molecule has 0 saturated heterocycles. The number of hydrogen-bond donors (Lipinski definition) is 4. The second-order valence-corrected chi connectivity index (χ2v) is 10.1. The van der Waals surface area contributed by atoms with Crippen LogP contribution in [-0.2, 0) is 19.1 Å². The summed E-state index contributed by atoms with van der Waals surface area (Å²) < 4.78 is 10.5. The molecule has 1 atom stereocenters. The monoisotopic (exact) mass is 612 g/mol. The second kappa shape index (κ2) is 13.9. The molecule has 2 amide bonds. The van der Waals surface area contributed by atoms with Crippen molar-refractivity contribution in [2.45, 2.75) is 6.42 Å². The number of halogens is 2. The van der Waals surface area contributed by atoms with Gasteiger partial charge in [0.05, 0.1) is 40.8 Å². The van der Waals surface area contributed by atoms with E-state index in [0.717, 1.165) is 23.9 Å². The van der Waals surface area contributed by atoms with Crippen molar-refractivity contribution in [2.75, 3.05) is 43.6 Å². The predicted molar refractivity (Wildman–Crippen MR) is 163 cm³/mol. The molecule has 220 valence electrons. The quantitative estimate of drug-likeness (QED) is 0.117. The van der Waals surface area contributed by atoms with Gasteiger partial charge >= 0.3 is 5.97 Å². The van der Waals surface area contributed by atoms with E-state index in [0.29, 0.717) is 31.1 Å². The number of nitrogens with zero attached hydrogens (tertiary/aromatic N) is 2. The average molecular weight is 614 g/mol. The number of carbonyl (C=O) groups is 3. The summed E-state index contributed by atoms with van der Waals surface area (Å²) in [7, 11) is 1.16. The summed E-state index contributed by atoms with van der Waals surface area (Å²) in [6.07, 6.45) is 0.0834. The minimum absolute atomic E-state index is 0.0736. The van der Waals surface area contributed by atoms with Crippen LogP contribution in [0.4, 0.5) is 17.1 Å². The number of nitrogens with two attached hydrogens (primary N) is 2. The fourth-order valence-corrected chi connectivity index (χ4v) is 4.96. The summed E-state index contributed by atoms with van der Waals surface area (Å²) in [6.45, 7) is 1.05. The van der Waals surface area contributed by atoms with E-state index in [9.17, 15) is 14.4 Å². The van der Waals surface area contributed by atoms with Gasteiger partial charge in [0.15, 0.2) is 11.9 Å². The van der Waals surface area contributed by atoms with Gasteiger partial charge in [-0.25, -0.2) is 4.99 Å². The molecular weight excluding hydrogens is 583 g/mol. The van der Waals surface area contributed by atoms with Crippen molar-refractivity contribution in [3.8, 4) is 16.9 Å². The van der Waals surface area contributed by atoms with E-state index in [4.69, 9.17) is 44.1 Å². The van der Waals surface area contributed by atoms with E-state index in [1.807, 2.05) is 35.2 Å². The van der Waals surface area contributed by atoms with E-state index in [1.165, 1.54) is 0 Å². The van der Waals surface area contributed by atoms with Crippen LogP contribution >= 0.6 is 23.2 Å². The number of benzene rings is 3. The van der Waals surface area contributed by atoms with Gasteiger partial charge in [0.25, 0.3) is 0 Å². The average Bonchev–Trinajstić information content (AvgIpc) is 2.97. The fourth-order valence-electron chi connectivity index (χ4n) is 4.38. The lowest BCUT2D eigenvalue weighted by Crippen LogP contribution is -2.42. The number of esters is 1. The summed E-state index contributed by atoms with van der Waals surface area (Å²) >= 11 is 12.9. The molecule has 3 aromatic carbocycles. The van der Waals surface area contributed by atoms with Crippen molar-refractivity contribution >= 4 is 64.0 Å². The summed E-state index contributed by atoms with van der Waals surface area (Å²) in [4.78, 5) is 44.3. The Morgan fingerprint density at radius 3 is 2.43 bits per heavy atom. The van der Waals surface area contributed by atoms with E-state index >= 15 is 0 Å². The molecule has 0 spiro atoms. The number of rotatable bonds is 10. The van der Waals surface area contributed by atoms with E-state index in [1.54, 1.807) is 30.3 Å². The van der Waals surface area contributed by atoms with Gasteiger partial charge in [-0.2, -0.15) is 0 Å². The van der Waals surface area contributed by atoms with Crippen LogP contribution in [0.2, 0.25) is 10.0 Å². The number of anilines is 2. The zero-order valence-electron chi connectivity index (χ0n) is 22.7. The van der Waals surface area contributed by atoms with Crippen molar-refractivity contribution in [2.24, 2.45) is 22.4 Å². The molecule has 3 aromatic rings. The van der Waals surface area contributed by atoms with Crippen LogP contribution < -0.4 is 31.7 Å². The number of ether oxygens (including phenoxy) is 2. The maximum Gasteiger partial charge on any atom is 0.320 e. The first-order chi connectivity index (χ1) is 20.2. The van der Waals surface area contributed by atoms with Gasteiger partial charge in [-0.3, -0.25) is 14.4 Å². The first kappa shape index (κ1) is 30.5. The molecule has 4 rings (SSSR count). The Hall–Kier alpha value is -4.48. The van der Waals surface area contributed by atoms with Crippen LogP contribution in [0.3, 0.4) is 0 Å². The Labute approximate surface area is 252 Å². The molecular formula is C29H30Cl2N6O5. The maximum atomic E-state index is 13.1.